The predicted molar refractivity (Wildman–Crippen MR) is 63.4 cm³/mol. The zero-order valence-corrected chi connectivity index (χ0v) is 11.0. The van der Waals surface area contributed by atoms with Gasteiger partial charge in [-0.05, 0) is 12.8 Å². The van der Waals surface area contributed by atoms with E-state index >= 15 is 0 Å². The summed E-state index contributed by atoms with van der Waals surface area (Å²) in [6, 6.07) is 0. The van der Waals surface area contributed by atoms with Gasteiger partial charge in [-0.15, -0.1) is 0 Å². The van der Waals surface area contributed by atoms with Gasteiger partial charge in [0.15, 0.2) is 0 Å². The van der Waals surface area contributed by atoms with Crippen LogP contribution in [0.3, 0.4) is 0 Å². The van der Waals surface area contributed by atoms with E-state index in [2.05, 4.69) is 0 Å². The molecule has 1 unspecified atom stereocenters. The number of aliphatic hydroxyl groups excluding tert-OH is 3. The Morgan fingerprint density at radius 1 is 1.22 bits per heavy atom. The average molecular weight is 259 g/mol. The normalized spacial score (nSPS) is 25.4. The summed E-state index contributed by atoms with van der Waals surface area (Å²) >= 11 is 0. The molecule has 0 aromatic heterocycles. The predicted octanol–water partition coefficient (Wildman–Crippen LogP) is -0.877. The van der Waals surface area contributed by atoms with E-state index in [1.54, 1.807) is 6.92 Å². The van der Waals surface area contributed by atoms with Crippen LogP contribution in [0.25, 0.3) is 0 Å². The van der Waals surface area contributed by atoms with E-state index < -0.39 is 42.6 Å². The van der Waals surface area contributed by atoms with E-state index in [0.717, 1.165) is 4.90 Å². The summed E-state index contributed by atoms with van der Waals surface area (Å²) in [4.78, 5) is 25.2. The van der Waals surface area contributed by atoms with Crippen LogP contribution in [-0.2, 0) is 9.59 Å². The molecular weight excluding hydrogens is 238 g/mol. The molecule has 1 fully saturated rings. The number of aliphatic hydroxyl groups is 3. The molecule has 0 spiro atoms. The molecule has 1 aliphatic rings. The van der Waals surface area contributed by atoms with Gasteiger partial charge >= 0.3 is 0 Å². The minimum atomic E-state index is -1.61. The Morgan fingerprint density at radius 2 is 1.67 bits per heavy atom. The number of nitrogens with zero attached hydrogens (tertiary/aromatic N) is 1. The van der Waals surface area contributed by atoms with Crippen molar-refractivity contribution in [2.45, 2.75) is 32.7 Å². The molecular formula is C12H21NO5. The van der Waals surface area contributed by atoms with Crippen LogP contribution in [0, 0.1) is 11.3 Å². The van der Waals surface area contributed by atoms with Crippen LogP contribution in [0.5, 0.6) is 0 Å². The molecule has 0 aromatic carbocycles. The van der Waals surface area contributed by atoms with Gasteiger partial charge in [0.2, 0.25) is 11.8 Å². The van der Waals surface area contributed by atoms with Crippen LogP contribution in [0.2, 0.25) is 0 Å². The summed E-state index contributed by atoms with van der Waals surface area (Å²) in [5, 5.41) is 27.9. The highest BCUT2D eigenvalue weighted by Crippen LogP contribution is 2.41. The quantitative estimate of drug-likeness (QED) is 0.557. The summed E-state index contributed by atoms with van der Waals surface area (Å²) < 4.78 is 0. The van der Waals surface area contributed by atoms with Crippen LogP contribution < -0.4 is 0 Å². The van der Waals surface area contributed by atoms with Gasteiger partial charge in [0.05, 0.1) is 25.2 Å². The Labute approximate surface area is 106 Å². The molecule has 0 radical (unpaired) electrons. The van der Waals surface area contributed by atoms with Crippen LogP contribution in [0.15, 0.2) is 0 Å². The lowest BCUT2D eigenvalue weighted by Gasteiger charge is -2.37. The number of hydrogen-bond acceptors (Lipinski definition) is 5. The molecule has 104 valence electrons. The molecule has 18 heavy (non-hydrogen) atoms. The molecule has 1 atom stereocenters. The smallest absolute Gasteiger partial charge is 0.236 e. The first-order chi connectivity index (χ1) is 8.29. The second-order valence-corrected chi connectivity index (χ2v) is 5.48. The molecule has 6 nitrogen and oxygen atoms in total. The fraction of sp³-hybridized carbons (Fsp3) is 0.833. The summed E-state index contributed by atoms with van der Waals surface area (Å²) in [6.07, 6.45) is 0.0330. The summed E-state index contributed by atoms with van der Waals surface area (Å²) in [6.45, 7) is 3.39. The van der Waals surface area contributed by atoms with Gasteiger partial charge in [0.25, 0.3) is 0 Å². The van der Waals surface area contributed by atoms with Crippen molar-refractivity contribution in [3.8, 4) is 0 Å². The highest BCUT2D eigenvalue weighted by atomic mass is 16.3. The van der Waals surface area contributed by atoms with Crippen molar-refractivity contribution in [3.05, 3.63) is 0 Å². The van der Waals surface area contributed by atoms with Crippen molar-refractivity contribution in [2.75, 3.05) is 19.8 Å². The van der Waals surface area contributed by atoms with Crippen LogP contribution in [0.1, 0.15) is 27.2 Å². The lowest BCUT2D eigenvalue weighted by atomic mass is 9.77. The third-order valence-corrected chi connectivity index (χ3v) is 4.09. The second kappa shape index (κ2) is 4.95. The number of likely N-dealkylation sites (tertiary alicyclic amines) is 1. The Balaban J connectivity index is 3.19. The van der Waals surface area contributed by atoms with Gasteiger partial charge in [-0.3, -0.25) is 14.5 Å². The second-order valence-electron chi connectivity index (χ2n) is 5.48. The Kier molecular flexibility index (Phi) is 4.15. The maximum Gasteiger partial charge on any atom is 0.236 e. The number of imide groups is 1. The fourth-order valence-corrected chi connectivity index (χ4v) is 2.13. The third-order valence-electron chi connectivity index (χ3n) is 4.09. The Hall–Kier alpha value is -0.980. The van der Waals surface area contributed by atoms with Crippen molar-refractivity contribution in [2.24, 2.45) is 11.3 Å². The first-order valence-electron chi connectivity index (χ1n) is 5.99. The molecule has 0 aliphatic carbocycles. The topological polar surface area (TPSA) is 98.1 Å². The van der Waals surface area contributed by atoms with Crippen LogP contribution >= 0.6 is 0 Å². The van der Waals surface area contributed by atoms with E-state index in [-0.39, 0.29) is 12.3 Å². The van der Waals surface area contributed by atoms with Crippen molar-refractivity contribution >= 4 is 11.8 Å². The van der Waals surface area contributed by atoms with Gasteiger partial charge in [0.1, 0.15) is 5.54 Å². The largest absolute Gasteiger partial charge is 0.394 e. The number of carbonyl (C=O) groups is 2. The highest BCUT2D eigenvalue weighted by Gasteiger charge is 2.56. The lowest BCUT2D eigenvalue weighted by molar-refractivity contribution is -0.156. The Bertz CT molecular complexity index is 342. The zero-order chi connectivity index (χ0) is 14.1. The van der Waals surface area contributed by atoms with Gasteiger partial charge < -0.3 is 15.3 Å². The molecule has 1 saturated heterocycles. The minimum Gasteiger partial charge on any atom is -0.394 e. The van der Waals surface area contributed by atoms with E-state index in [4.69, 9.17) is 0 Å². The van der Waals surface area contributed by atoms with Crippen molar-refractivity contribution in [1.82, 2.24) is 4.90 Å². The van der Waals surface area contributed by atoms with Gasteiger partial charge in [-0.2, -0.15) is 0 Å². The molecule has 1 heterocycles. The maximum atomic E-state index is 12.4. The van der Waals surface area contributed by atoms with Crippen molar-refractivity contribution < 1.29 is 24.9 Å². The average Bonchev–Trinajstić information content (AvgIpc) is 2.57. The third kappa shape index (κ3) is 1.94. The SMILES string of the molecule is CC(C)C1(C)CC(=O)N(C(CO)(CO)CO)C1=O. The number of hydrogen-bond donors (Lipinski definition) is 3. The standard InChI is InChI=1S/C12H21NO5/c1-8(2)11(3)4-9(17)13(10(11)18)12(5-14,6-15)7-16/h8,14-16H,4-7H2,1-3H3. The minimum absolute atomic E-state index is 0.0330. The monoisotopic (exact) mass is 259 g/mol. The molecule has 0 bridgehead atoms. The maximum absolute atomic E-state index is 12.4. The molecule has 6 heteroatoms. The zero-order valence-electron chi connectivity index (χ0n) is 11.0. The summed E-state index contributed by atoms with van der Waals surface area (Å²) in [5.74, 6) is -0.958. The van der Waals surface area contributed by atoms with Gasteiger partial charge in [-0.1, -0.05) is 13.8 Å². The summed E-state index contributed by atoms with van der Waals surface area (Å²) in [7, 11) is 0. The van der Waals surface area contributed by atoms with E-state index in [9.17, 15) is 24.9 Å². The van der Waals surface area contributed by atoms with Crippen molar-refractivity contribution in [1.29, 1.82) is 0 Å². The molecule has 3 N–H and O–H groups in total. The number of amides is 2. The fourth-order valence-electron chi connectivity index (χ4n) is 2.13. The van der Waals surface area contributed by atoms with Crippen LogP contribution in [0.4, 0.5) is 0 Å². The van der Waals surface area contributed by atoms with E-state index in [1.165, 1.54) is 0 Å². The number of carbonyl (C=O) groups excluding carboxylic acids is 2. The number of rotatable bonds is 5. The molecule has 0 saturated carbocycles. The first kappa shape index (κ1) is 15.1. The molecule has 1 rings (SSSR count). The molecule has 1 aliphatic heterocycles. The first-order valence-corrected chi connectivity index (χ1v) is 5.99. The van der Waals surface area contributed by atoms with Gasteiger partial charge in [0, 0.05) is 6.42 Å². The lowest BCUT2D eigenvalue weighted by Crippen LogP contribution is -2.60. The van der Waals surface area contributed by atoms with Gasteiger partial charge in [-0.25, -0.2) is 0 Å². The van der Waals surface area contributed by atoms with Crippen molar-refractivity contribution in [3.63, 3.8) is 0 Å². The highest BCUT2D eigenvalue weighted by molar-refractivity contribution is 6.06. The van der Waals surface area contributed by atoms with E-state index in [1.807, 2.05) is 13.8 Å². The molecule has 2 amide bonds. The molecule has 0 aromatic rings. The summed E-state index contributed by atoms with van der Waals surface area (Å²) in [5.41, 5.74) is -2.46. The Morgan fingerprint density at radius 3 is 1.94 bits per heavy atom. The van der Waals surface area contributed by atoms with E-state index in [0.29, 0.717) is 0 Å². The van der Waals surface area contributed by atoms with Crippen LogP contribution in [-0.4, -0.2) is 57.4 Å².